The number of nitrogens with zero attached hydrogens (tertiary/aromatic N) is 1. The molecule has 0 aromatic heterocycles. The molecule has 27 heavy (non-hydrogen) atoms. The van der Waals surface area contributed by atoms with E-state index in [-0.39, 0.29) is 5.91 Å². The van der Waals surface area contributed by atoms with E-state index in [1.165, 1.54) is 0 Å². The highest BCUT2D eigenvalue weighted by molar-refractivity contribution is 5.94. The van der Waals surface area contributed by atoms with Gasteiger partial charge in [-0.1, -0.05) is 48.5 Å². The van der Waals surface area contributed by atoms with E-state index in [9.17, 15) is 4.79 Å². The SMILES string of the molecule is COc1cc(/C=N/NC(=O)c2ccccc2)ccc1OCc1ccccc1. The molecule has 0 heterocycles. The van der Waals surface area contributed by atoms with Gasteiger partial charge in [0.05, 0.1) is 13.3 Å². The van der Waals surface area contributed by atoms with E-state index in [0.29, 0.717) is 23.7 Å². The number of carbonyl (C=O) groups excluding carboxylic acids is 1. The van der Waals surface area contributed by atoms with Crippen LogP contribution in [0.25, 0.3) is 0 Å². The fraction of sp³-hybridized carbons (Fsp3) is 0.0909. The van der Waals surface area contributed by atoms with Gasteiger partial charge in [0.2, 0.25) is 0 Å². The maximum Gasteiger partial charge on any atom is 0.271 e. The summed E-state index contributed by atoms with van der Waals surface area (Å²) in [6, 6.07) is 24.3. The van der Waals surface area contributed by atoms with Gasteiger partial charge in [0, 0.05) is 5.56 Å². The Morgan fingerprint density at radius 1 is 0.963 bits per heavy atom. The van der Waals surface area contributed by atoms with E-state index in [4.69, 9.17) is 9.47 Å². The number of amides is 1. The molecule has 3 aromatic carbocycles. The Hall–Kier alpha value is -3.60. The van der Waals surface area contributed by atoms with Crippen molar-refractivity contribution < 1.29 is 14.3 Å². The lowest BCUT2D eigenvalue weighted by Gasteiger charge is -2.11. The van der Waals surface area contributed by atoms with Gasteiger partial charge in [-0.05, 0) is 41.5 Å². The van der Waals surface area contributed by atoms with Crippen LogP contribution < -0.4 is 14.9 Å². The molecule has 0 bridgehead atoms. The predicted molar refractivity (Wildman–Crippen MR) is 105 cm³/mol. The van der Waals surface area contributed by atoms with Crippen molar-refractivity contribution in [1.29, 1.82) is 0 Å². The number of hydrazone groups is 1. The lowest BCUT2D eigenvalue weighted by molar-refractivity contribution is 0.0955. The van der Waals surface area contributed by atoms with Crippen molar-refractivity contribution in [3.05, 3.63) is 95.6 Å². The predicted octanol–water partition coefficient (Wildman–Crippen LogP) is 4.04. The molecule has 136 valence electrons. The van der Waals surface area contributed by atoms with Gasteiger partial charge in [0.15, 0.2) is 11.5 Å². The highest BCUT2D eigenvalue weighted by atomic mass is 16.5. The molecule has 0 aliphatic rings. The number of hydrogen-bond donors (Lipinski definition) is 1. The van der Waals surface area contributed by atoms with E-state index < -0.39 is 0 Å². The van der Waals surface area contributed by atoms with Gasteiger partial charge in [0.25, 0.3) is 5.91 Å². The number of benzene rings is 3. The standard InChI is InChI=1S/C22H20N2O3/c1-26-21-14-18(15-23-24-22(25)19-10-6-3-7-11-19)12-13-20(21)27-16-17-8-4-2-5-9-17/h2-15H,16H2,1H3,(H,24,25)/b23-15+. The second kappa shape index (κ2) is 9.20. The molecule has 0 aliphatic heterocycles. The highest BCUT2D eigenvalue weighted by Gasteiger charge is 2.06. The first-order valence-electron chi connectivity index (χ1n) is 8.49. The molecule has 5 heteroatoms. The lowest BCUT2D eigenvalue weighted by Crippen LogP contribution is -2.17. The third kappa shape index (κ3) is 5.19. The third-order valence-electron chi connectivity index (χ3n) is 3.84. The lowest BCUT2D eigenvalue weighted by atomic mass is 10.2. The quantitative estimate of drug-likeness (QED) is 0.511. The average molecular weight is 360 g/mol. The molecule has 3 aromatic rings. The smallest absolute Gasteiger partial charge is 0.271 e. The molecule has 5 nitrogen and oxygen atoms in total. The monoisotopic (exact) mass is 360 g/mol. The fourth-order valence-corrected chi connectivity index (χ4v) is 2.44. The van der Waals surface area contributed by atoms with Crippen LogP contribution in [0.15, 0.2) is 84.0 Å². The minimum atomic E-state index is -0.262. The Morgan fingerprint density at radius 2 is 1.67 bits per heavy atom. The third-order valence-corrected chi connectivity index (χ3v) is 3.84. The first kappa shape index (κ1) is 18.2. The van der Waals surface area contributed by atoms with Gasteiger partial charge in [0.1, 0.15) is 6.61 Å². The van der Waals surface area contributed by atoms with Crippen LogP contribution in [-0.2, 0) is 6.61 Å². The maximum absolute atomic E-state index is 12.0. The zero-order chi connectivity index (χ0) is 18.9. The summed E-state index contributed by atoms with van der Waals surface area (Å²) in [5, 5.41) is 4.00. The molecular formula is C22H20N2O3. The molecule has 3 rings (SSSR count). The Labute approximate surface area is 158 Å². The van der Waals surface area contributed by atoms with Crippen LogP contribution in [0.3, 0.4) is 0 Å². The average Bonchev–Trinajstić information content (AvgIpc) is 2.74. The topological polar surface area (TPSA) is 59.9 Å². The van der Waals surface area contributed by atoms with Gasteiger partial charge in [-0.3, -0.25) is 4.79 Å². The van der Waals surface area contributed by atoms with Gasteiger partial charge in [-0.25, -0.2) is 5.43 Å². The van der Waals surface area contributed by atoms with Crippen molar-refractivity contribution in [1.82, 2.24) is 5.43 Å². The molecule has 0 unspecified atom stereocenters. The summed E-state index contributed by atoms with van der Waals surface area (Å²) in [6.45, 7) is 0.456. The van der Waals surface area contributed by atoms with Crippen LogP contribution >= 0.6 is 0 Å². The summed E-state index contributed by atoms with van der Waals surface area (Å²) in [6.07, 6.45) is 1.56. The Morgan fingerprint density at radius 3 is 2.37 bits per heavy atom. The summed E-state index contributed by atoms with van der Waals surface area (Å²) >= 11 is 0. The largest absolute Gasteiger partial charge is 0.493 e. The molecule has 0 radical (unpaired) electrons. The number of nitrogens with one attached hydrogen (secondary N) is 1. The molecule has 0 atom stereocenters. The summed E-state index contributed by atoms with van der Waals surface area (Å²) < 4.78 is 11.2. The van der Waals surface area contributed by atoms with Crippen molar-refractivity contribution in [2.45, 2.75) is 6.61 Å². The second-order valence-electron chi connectivity index (χ2n) is 5.75. The van der Waals surface area contributed by atoms with Crippen LogP contribution in [0.2, 0.25) is 0 Å². The molecule has 0 saturated heterocycles. The fourth-order valence-electron chi connectivity index (χ4n) is 2.44. The Balaban J connectivity index is 1.62. The van der Waals surface area contributed by atoms with Gasteiger partial charge < -0.3 is 9.47 Å². The molecule has 0 fully saturated rings. The minimum Gasteiger partial charge on any atom is -0.493 e. The van der Waals surface area contributed by atoms with Crippen molar-refractivity contribution in [2.24, 2.45) is 5.10 Å². The van der Waals surface area contributed by atoms with Crippen LogP contribution in [0.4, 0.5) is 0 Å². The normalized spacial score (nSPS) is 10.6. The van der Waals surface area contributed by atoms with Crippen LogP contribution in [-0.4, -0.2) is 19.2 Å². The van der Waals surface area contributed by atoms with Gasteiger partial charge in [-0.2, -0.15) is 5.10 Å². The summed E-state index contributed by atoms with van der Waals surface area (Å²) in [5.74, 6) is 0.984. The summed E-state index contributed by atoms with van der Waals surface area (Å²) in [5.41, 5.74) is 4.92. The van der Waals surface area contributed by atoms with Crippen LogP contribution in [0, 0.1) is 0 Å². The molecular weight excluding hydrogens is 340 g/mol. The van der Waals surface area contributed by atoms with E-state index in [0.717, 1.165) is 11.1 Å². The van der Waals surface area contributed by atoms with Crippen LogP contribution in [0.5, 0.6) is 11.5 Å². The number of hydrogen-bond acceptors (Lipinski definition) is 4. The van der Waals surface area contributed by atoms with E-state index in [1.807, 2.05) is 48.5 Å². The highest BCUT2D eigenvalue weighted by Crippen LogP contribution is 2.28. The number of methoxy groups -OCH3 is 1. The first-order valence-corrected chi connectivity index (χ1v) is 8.49. The van der Waals surface area contributed by atoms with Crippen molar-refractivity contribution in [3.63, 3.8) is 0 Å². The molecule has 0 spiro atoms. The second-order valence-corrected chi connectivity index (χ2v) is 5.75. The molecule has 1 amide bonds. The van der Waals surface area contributed by atoms with Gasteiger partial charge >= 0.3 is 0 Å². The zero-order valence-electron chi connectivity index (χ0n) is 15.0. The van der Waals surface area contributed by atoms with Crippen molar-refractivity contribution in [3.8, 4) is 11.5 Å². The number of rotatable bonds is 7. The number of ether oxygens (including phenoxy) is 2. The zero-order valence-corrected chi connectivity index (χ0v) is 15.0. The maximum atomic E-state index is 12.0. The Kier molecular flexibility index (Phi) is 6.20. The van der Waals surface area contributed by atoms with Crippen molar-refractivity contribution >= 4 is 12.1 Å². The summed E-state index contributed by atoms with van der Waals surface area (Å²) in [7, 11) is 1.59. The Bertz CT molecular complexity index is 909. The van der Waals surface area contributed by atoms with E-state index in [1.54, 1.807) is 43.7 Å². The van der Waals surface area contributed by atoms with Crippen molar-refractivity contribution in [2.75, 3.05) is 7.11 Å². The molecule has 1 N–H and O–H groups in total. The van der Waals surface area contributed by atoms with Crippen LogP contribution in [0.1, 0.15) is 21.5 Å². The molecule has 0 saturated carbocycles. The summed E-state index contributed by atoms with van der Waals surface area (Å²) in [4.78, 5) is 12.0. The number of carbonyl (C=O) groups is 1. The minimum absolute atomic E-state index is 0.262. The first-order chi connectivity index (χ1) is 13.3. The van der Waals surface area contributed by atoms with E-state index >= 15 is 0 Å². The molecule has 0 aliphatic carbocycles. The van der Waals surface area contributed by atoms with E-state index in [2.05, 4.69) is 10.5 Å². The van der Waals surface area contributed by atoms with Gasteiger partial charge in [-0.15, -0.1) is 0 Å².